The molecule has 0 radical (unpaired) electrons. The van der Waals surface area contributed by atoms with E-state index in [-0.39, 0.29) is 17.1 Å². The summed E-state index contributed by atoms with van der Waals surface area (Å²) in [5, 5.41) is 14.2. The smallest absolute Gasteiger partial charge is 0.251 e. The van der Waals surface area contributed by atoms with Gasteiger partial charge in [0.25, 0.3) is 5.91 Å². The number of thiophene rings is 1. The van der Waals surface area contributed by atoms with E-state index in [1.54, 1.807) is 17.7 Å². The summed E-state index contributed by atoms with van der Waals surface area (Å²) in [4.78, 5) is 24.0. The van der Waals surface area contributed by atoms with Crippen LogP contribution in [0.5, 0.6) is 0 Å². The number of amides is 2. The van der Waals surface area contributed by atoms with Gasteiger partial charge < -0.3 is 15.5 Å². The van der Waals surface area contributed by atoms with E-state index in [1.165, 1.54) is 28.7 Å². The predicted molar refractivity (Wildman–Crippen MR) is 134 cm³/mol. The molecule has 34 heavy (non-hydrogen) atoms. The van der Waals surface area contributed by atoms with Crippen LogP contribution in [0.1, 0.15) is 42.5 Å². The number of aromatic nitrogens is 3. The molecule has 4 aromatic rings. The maximum absolute atomic E-state index is 12.5. The van der Waals surface area contributed by atoms with E-state index in [1.807, 2.05) is 28.8 Å². The van der Waals surface area contributed by atoms with Gasteiger partial charge in [-0.2, -0.15) is 0 Å². The van der Waals surface area contributed by atoms with E-state index >= 15 is 0 Å². The average Bonchev–Trinajstić information content (AvgIpc) is 3.54. The number of thioether (sulfide) groups is 1. The SMILES string of the molecule is CC(C)(C)c1ccc(-c2nnc(SCC(=O)Nc3sccc3C(N)=O)n2Cc2ccco2)cc1. The van der Waals surface area contributed by atoms with Crippen molar-refractivity contribution in [3.05, 3.63) is 71.0 Å². The van der Waals surface area contributed by atoms with E-state index < -0.39 is 5.91 Å². The summed E-state index contributed by atoms with van der Waals surface area (Å²) in [6.45, 7) is 6.94. The first-order valence-electron chi connectivity index (χ1n) is 10.6. The van der Waals surface area contributed by atoms with Gasteiger partial charge in [0, 0.05) is 5.56 Å². The highest BCUT2D eigenvalue weighted by Gasteiger charge is 2.19. The lowest BCUT2D eigenvalue weighted by atomic mass is 9.87. The summed E-state index contributed by atoms with van der Waals surface area (Å²) >= 11 is 2.51. The highest BCUT2D eigenvalue weighted by Crippen LogP contribution is 2.29. The Bertz CT molecular complexity index is 1290. The summed E-state index contributed by atoms with van der Waals surface area (Å²) in [6, 6.07) is 13.6. The van der Waals surface area contributed by atoms with Crippen LogP contribution in [0.3, 0.4) is 0 Å². The summed E-state index contributed by atoms with van der Waals surface area (Å²) in [5.41, 5.74) is 7.85. The van der Waals surface area contributed by atoms with Crippen LogP contribution in [-0.2, 0) is 16.8 Å². The molecule has 0 fully saturated rings. The number of rotatable bonds is 8. The van der Waals surface area contributed by atoms with Gasteiger partial charge in [0.1, 0.15) is 10.8 Å². The second kappa shape index (κ2) is 9.86. The van der Waals surface area contributed by atoms with Gasteiger partial charge in [-0.1, -0.05) is 56.8 Å². The molecule has 1 aromatic carbocycles. The van der Waals surface area contributed by atoms with E-state index in [9.17, 15) is 9.59 Å². The number of hydrogen-bond acceptors (Lipinski definition) is 7. The molecule has 3 aromatic heterocycles. The maximum atomic E-state index is 12.5. The summed E-state index contributed by atoms with van der Waals surface area (Å²) in [5.74, 6) is 0.690. The molecular formula is C24H25N5O3S2. The number of anilines is 1. The Morgan fingerprint density at radius 1 is 1.15 bits per heavy atom. The number of primary amides is 1. The molecule has 0 saturated heterocycles. The third-order valence-corrected chi connectivity index (χ3v) is 6.93. The first-order chi connectivity index (χ1) is 16.2. The number of carbonyl (C=O) groups is 2. The Labute approximate surface area is 205 Å². The lowest BCUT2D eigenvalue weighted by molar-refractivity contribution is -0.113. The minimum absolute atomic E-state index is 0.0473. The Morgan fingerprint density at radius 2 is 1.91 bits per heavy atom. The topological polar surface area (TPSA) is 116 Å². The highest BCUT2D eigenvalue weighted by atomic mass is 32.2. The van der Waals surface area contributed by atoms with Crippen molar-refractivity contribution < 1.29 is 14.0 Å². The van der Waals surface area contributed by atoms with Crippen molar-refractivity contribution in [1.82, 2.24) is 14.8 Å². The lowest BCUT2D eigenvalue weighted by Gasteiger charge is -2.19. The Balaban J connectivity index is 1.55. The molecule has 0 aliphatic carbocycles. The standard InChI is InChI=1S/C24H25N5O3S2/c1-24(2,3)16-8-6-15(7-9-16)21-27-28-23(29(21)13-17-5-4-11-32-17)34-14-19(30)26-22-18(20(25)31)10-12-33-22/h4-12H,13-14H2,1-3H3,(H2,25,31)(H,26,30). The van der Waals surface area contributed by atoms with Gasteiger partial charge in [0.15, 0.2) is 11.0 Å². The van der Waals surface area contributed by atoms with Gasteiger partial charge >= 0.3 is 0 Å². The normalized spacial score (nSPS) is 11.5. The molecule has 3 heterocycles. The number of furan rings is 1. The third-order valence-electron chi connectivity index (χ3n) is 5.14. The average molecular weight is 496 g/mol. The van der Waals surface area contributed by atoms with Gasteiger partial charge in [0.2, 0.25) is 5.91 Å². The molecular weight excluding hydrogens is 470 g/mol. The van der Waals surface area contributed by atoms with Crippen LogP contribution in [0.4, 0.5) is 5.00 Å². The largest absolute Gasteiger partial charge is 0.467 e. The zero-order valence-corrected chi connectivity index (χ0v) is 20.7. The summed E-state index contributed by atoms with van der Waals surface area (Å²) < 4.78 is 7.47. The van der Waals surface area contributed by atoms with Crippen LogP contribution in [0.25, 0.3) is 11.4 Å². The van der Waals surface area contributed by atoms with Crippen molar-refractivity contribution in [2.45, 2.75) is 37.9 Å². The number of nitrogens with one attached hydrogen (secondary N) is 1. The van der Waals surface area contributed by atoms with Crippen molar-refractivity contribution in [1.29, 1.82) is 0 Å². The van der Waals surface area contributed by atoms with Crippen LogP contribution in [0.15, 0.2) is 63.7 Å². The van der Waals surface area contributed by atoms with E-state index in [0.717, 1.165) is 11.3 Å². The van der Waals surface area contributed by atoms with E-state index in [4.69, 9.17) is 10.2 Å². The molecule has 8 nitrogen and oxygen atoms in total. The summed E-state index contributed by atoms with van der Waals surface area (Å²) in [7, 11) is 0. The van der Waals surface area contributed by atoms with Crippen molar-refractivity contribution in [2.75, 3.05) is 11.1 Å². The number of hydrogen-bond donors (Lipinski definition) is 2. The molecule has 0 bridgehead atoms. The van der Waals surface area contributed by atoms with Crippen LogP contribution in [-0.4, -0.2) is 32.3 Å². The van der Waals surface area contributed by atoms with Gasteiger partial charge in [0.05, 0.1) is 24.1 Å². The number of carbonyl (C=O) groups excluding carboxylic acids is 2. The van der Waals surface area contributed by atoms with E-state index in [0.29, 0.717) is 28.1 Å². The molecule has 0 atom stereocenters. The molecule has 0 aliphatic rings. The van der Waals surface area contributed by atoms with Gasteiger partial charge in [-0.25, -0.2) is 0 Å². The molecule has 0 spiro atoms. The zero-order chi connectivity index (χ0) is 24.3. The van der Waals surface area contributed by atoms with Crippen LogP contribution in [0, 0.1) is 0 Å². The molecule has 2 amide bonds. The van der Waals surface area contributed by atoms with Crippen molar-refractivity contribution in [2.24, 2.45) is 5.73 Å². The molecule has 0 saturated carbocycles. The van der Waals surface area contributed by atoms with Crippen LogP contribution < -0.4 is 11.1 Å². The van der Waals surface area contributed by atoms with Crippen LogP contribution >= 0.6 is 23.1 Å². The first kappa shape index (κ1) is 23.8. The van der Waals surface area contributed by atoms with E-state index in [2.05, 4.69) is 48.4 Å². The fourth-order valence-electron chi connectivity index (χ4n) is 3.32. The van der Waals surface area contributed by atoms with Crippen molar-refractivity contribution in [3.63, 3.8) is 0 Å². The quantitative estimate of drug-likeness (QED) is 0.340. The molecule has 0 aliphatic heterocycles. The number of benzene rings is 1. The molecule has 4 rings (SSSR count). The minimum atomic E-state index is -0.579. The maximum Gasteiger partial charge on any atom is 0.251 e. The second-order valence-electron chi connectivity index (χ2n) is 8.66. The fourth-order valence-corrected chi connectivity index (χ4v) is 4.87. The molecule has 176 valence electrons. The predicted octanol–water partition coefficient (Wildman–Crippen LogP) is 4.78. The fraction of sp³-hybridized carbons (Fsp3) is 0.250. The van der Waals surface area contributed by atoms with Gasteiger partial charge in [-0.3, -0.25) is 14.2 Å². The second-order valence-corrected chi connectivity index (χ2v) is 10.5. The highest BCUT2D eigenvalue weighted by molar-refractivity contribution is 7.99. The first-order valence-corrected chi connectivity index (χ1v) is 12.5. The Hall–Kier alpha value is -3.37. The van der Waals surface area contributed by atoms with Crippen molar-refractivity contribution in [3.8, 4) is 11.4 Å². The van der Waals surface area contributed by atoms with Gasteiger partial charge in [-0.15, -0.1) is 21.5 Å². The number of nitrogens with two attached hydrogens (primary N) is 1. The molecule has 3 N–H and O–H groups in total. The molecule has 10 heteroatoms. The number of nitrogens with zero attached hydrogens (tertiary/aromatic N) is 3. The van der Waals surface area contributed by atoms with Crippen LogP contribution in [0.2, 0.25) is 0 Å². The lowest BCUT2D eigenvalue weighted by Crippen LogP contribution is -2.18. The monoisotopic (exact) mass is 495 g/mol. The van der Waals surface area contributed by atoms with Gasteiger partial charge in [-0.05, 0) is 34.6 Å². The minimum Gasteiger partial charge on any atom is -0.467 e. The molecule has 0 unspecified atom stereocenters. The Kier molecular flexibility index (Phi) is 6.90. The zero-order valence-electron chi connectivity index (χ0n) is 19.1. The van der Waals surface area contributed by atoms with Crippen molar-refractivity contribution >= 4 is 39.9 Å². The summed E-state index contributed by atoms with van der Waals surface area (Å²) in [6.07, 6.45) is 1.62. The Morgan fingerprint density at radius 3 is 2.56 bits per heavy atom. The third kappa shape index (κ3) is 5.40.